The van der Waals surface area contributed by atoms with Crippen LogP contribution in [0.15, 0.2) is 12.4 Å². The summed E-state index contributed by atoms with van der Waals surface area (Å²) in [6, 6.07) is 0. The maximum absolute atomic E-state index is 11.8. The summed E-state index contributed by atoms with van der Waals surface area (Å²) in [5, 5.41) is 6.33. The third-order valence-electron chi connectivity index (χ3n) is 1.88. The summed E-state index contributed by atoms with van der Waals surface area (Å²) in [6.07, 6.45) is -0.496. The zero-order valence-electron chi connectivity index (χ0n) is 9.83. The number of ether oxygens (including phenoxy) is 1. The lowest BCUT2D eigenvalue weighted by Crippen LogP contribution is -2.18. The van der Waals surface area contributed by atoms with Crippen molar-refractivity contribution in [3.05, 3.63) is 12.4 Å². The zero-order chi connectivity index (χ0) is 13.6. The van der Waals surface area contributed by atoms with Crippen LogP contribution in [0.5, 0.6) is 0 Å². The fraction of sp³-hybridized carbons (Fsp3) is 0.600. The van der Waals surface area contributed by atoms with E-state index in [1.807, 2.05) is 6.92 Å². The van der Waals surface area contributed by atoms with Crippen molar-refractivity contribution >= 4 is 11.6 Å². The Morgan fingerprint density at radius 1 is 1.56 bits per heavy atom. The van der Waals surface area contributed by atoms with E-state index in [2.05, 4.69) is 15.2 Å². The first-order valence-electron chi connectivity index (χ1n) is 5.37. The van der Waals surface area contributed by atoms with Gasteiger partial charge in [0.15, 0.2) is 0 Å². The van der Waals surface area contributed by atoms with Gasteiger partial charge in [-0.3, -0.25) is 4.79 Å². The molecule has 5 nitrogen and oxygen atoms in total. The van der Waals surface area contributed by atoms with Crippen molar-refractivity contribution in [3.8, 4) is 0 Å². The molecule has 102 valence electrons. The number of anilines is 1. The number of amides is 1. The standard InChI is InChI=1S/C10H14F3N3O2/c1-2-3-9(17)15-8-4-14-16(5-8)7-18-6-10(11,12)13/h4-5H,2-3,6-7H2,1H3,(H,15,17). The van der Waals surface area contributed by atoms with Gasteiger partial charge < -0.3 is 10.1 Å². The summed E-state index contributed by atoms with van der Waals surface area (Å²) >= 11 is 0. The Balaban J connectivity index is 2.37. The minimum absolute atomic E-state index is 0.159. The molecule has 18 heavy (non-hydrogen) atoms. The molecule has 0 aliphatic rings. The Kier molecular flexibility index (Phi) is 5.14. The molecule has 0 saturated carbocycles. The summed E-state index contributed by atoms with van der Waals surface area (Å²) in [6.45, 7) is 0.224. The normalized spacial score (nSPS) is 11.6. The van der Waals surface area contributed by atoms with E-state index >= 15 is 0 Å². The van der Waals surface area contributed by atoms with Crippen LogP contribution in [0.1, 0.15) is 19.8 Å². The topological polar surface area (TPSA) is 56.2 Å². The summed E-state index contributed by atoms with van der Waals surface area (Å²) in [5.41, 5.74) is 0.434. The second-order valence-corrected chi connectivity index (χ2v) is 3.66. The Morgan fingerprint density at radius 3 is 2.89 bits per heavy atom. The van der Waals surface area contributed by atoms with Gasteiger partial charge in [0.1, 0.15) is 13.3 Å². The highest BCUT2D eigenvalue weighted by molar-refractivity contribution is 5.90. The highest BCUT2D eigenvalue weighted by atomic mass is 19.4. The first-order valence-corrected chi connectivity index (χ1v) is 5.37. The minimum atomic E-state index is -4.36. The molecule has 0 bridgehead atoms. The number of hydrogen-bond donors (Lipinski definition) is 1. The van der Waals surface area contributed by atoms with Crippen molar-refractivity contribution in [2.75, 3.05) is 11.9 Å². The third kappa shape index (κ3) is 5.67. The maximum Gasteiger partial charge on any atom is 0.411 e. The second kappa shape index (κ2) is 6.39. The molecule has 0 unspecified atom stereocenters. The number of alkyl halides is 3. The molecule has 1 aromatic rings. The van der Waals surface area contributed by atoms with Crippen molar-refractivity contribution in [1.82, 2.24) is 9.78 Å². The number of nitrogens with zero attached hydrogens (tertiary/aromatic N) is 2. The molecule has 1 aromatic heterocycles. The van der Waals surface area contributed by atoms with Crippen LogP contribution in [0.3, 0.4) is 0 Å². The van der Waals surface area contributed by atoms with Gasteiger partial charge in [0.2, 0.25) is 5.91 Å². The average molecular weight is 265 g/mol. The summed E-state index contributed by atoms with van der Waals surface area (Å²) in [7, 11) is 0. The van der Waals surface area contributed by atoms with E-state index < -0.39 is 12.8 Å². The minimum Gasteiger partial charge on any atom is -0.350 e. The molecule has 1 amide bonds. The number of rotatable bonds is 6. The number of aromatic nitrogens is 2. The highest BCUT2D eigenvalue weighted by Gasteiger charge is 2.27. The number of halogens is 3. The number of hydrogen-bond acceptors (Lipinski definition) is 3. The van der Waals surface area contributed by atoms with Crippen LogP contribution < -0.4 is 5.32 Å². The molecule has 1 heterocycles. The first-order chi connectivity index (χ1) is 8.40. The maximum atomic E-state index is 11.8. The lowest BCUT2D eigenvalue weighted by atomic mass is 10.3. The fourth-order valence-corrected chi connectivity index (χ4v) is 1.20. The van der Waals surface area contributed by atoms with Crippen molar-refractivity contribution in [2.24, 2.45) is 0 Å². The lowest BCUT2D eigenvalue weighted by molar-refractivity contribution is -0.182. The van der Waals surface area contributed by atoms with E-state index in [-0.39, 0.29) is 12.6 Å². The molecule has 0 aliphatic carbocycles. The van der Waals surface area contributed by atoms with Crippen LogP contribution in [0.2, 0.25) is 0 Å². The molecule has 8 heteroatoms. The van der Waals surface area contributed by atoms with Gasteiger partial charge in [-0.15, -0.1) is 0 Å². The molecule has 0 aromatic carbocycles. The van der Waals surface area contributed by atoms with E-state index in [0.29, 0.717) is 18.5 Å². The quantitative estimate of drug-likeness (QED) is 0.857. The van der Waals surface area contributed by atoms with Crippen LogP contribution in [0, 0.1) is 0 Å². The molecule has 1 N–H and O–H groups in total. The van der Waals surface area contributed by atoms with E-state index in [4.69, 9.17) is 0 Å². The molecule has 0 atom stereocenters. The van der Waals surface area contributed by atoms with Crippen molar-refractivity contribution in [2.45, 2.75) is 32.7 Å². The Labute approximate surface area is 102 Å². The zero-order valence-corrected chi connectivity index (χ0v) is 9.83. The molecule has 0 saturated heterocycles. The number of nitrogens with one attached hydrogen (secondary N) is 1. The van der Waals surface area contributed by atoms with Crippen LogP contribution in [-0.4, -0.2) is 28.5 Å². The summed E-state index contributed by atoms with van der Waals surface area (Å²) in [5.74, 6) is -0.159. The monoisotopic (exact) mass is 265 g/mol. The van der Waals surface area contributed by atoms with E-state index in [1.165, 1.54) is 17.1 Å². The molecular weight excluding hydrogens is 251 g/mol. The van der Waals surface area contributed by atoms with Gasteiger partial charge in [-0.2, -0.15) is 18.3 Å². The van der Waals surface area contributed by atoms with E-state index in [9.17, 15) is 18.0 Å². The van der Waals surface area contributed by atoms with E-state index in [1.54, 1.807) is 0 Å². The van der Waals surface area contributed by atoms with Gasteiger partial charge in [-0.25, -0.2) is 4.68 Å². The molecule has 0 fully saturated rings. The van der Waals surface area contributed by atoms with Crippen molar-refractivity contribution in [3.63, 3.8) is 0 Å². The van der Waals surface area contributed by atoms with Gasteiger partial charge in [-0.1, -0.05) is 6.92 Å². The molecule has 0 radical (unpaired) electrons. The Hall–Kier alpha value is -1.57. The SMILES string of the molecule is CCCC(=O)Nc1cnn(COCC(F)(F)F)c1. The van der Waals surface area contributed by atoms with Crippen molar-refractivity contribution < 1.29 is 22.7 Å². The number of carbonyl (C=O) groups is 1. The summed E-state index contributed by atoms with van der Waals surface area (Å²) in [4.78, 5) is 11.2. The first kappa shape index (κ1) is 14.5. The van der Waals surface area contributed by atoms with Gasteiger partial charge in [0, 0.05) is 6.42 Å². The van der Waals surface area contributed by atoms with Crippen LogP contribution in [-0.2, 0) is 16.3 Å². The van der Waals surface area contributed by atoms with Gasteiger partial charge in [0.25, 0.3) is 0 Å². The molecule has 0 aliphatic heterocycles. The van der Waals surface area contributed by atoms with Gasteiger partial charge in [-0.05, 0) is 6.42 Å². The Bertz CT molecular complexity index is 390. The largest absolute Gasteiger partial charge is 0.411 e. The fourth-order valence-electron chi connectivity index (χ4n) is 1.20. The van der Waals surface area contributed by atoms with Crippen molar-refractivity contribution in [1.29, 1.82) is 0 Å². The predicted octanol–water partition coefficient (Wildman–Crippen LogP) is 2.16. The van der Waals surface area contributed by atoms with Crippen LogP contribution >= 0.6 is 0 Å². The van der Waals surface area contributed by atoms with E-state index in [0.717, 1.165) is 0 Å². The third-order valence-corrected chi connectivity index (χ3v) is 1.88. The number of carbonyl (C=O) groups excluding carboxylic acids is 1. The summed E-state index contributed by atoms with van der Waals surface area (Å²) < 4.78 is 41.0. The average Bonchev–Trinajstić information content (AvgIpc) is 2.64. The van der Waals surface area contributed by atoms with Crippen LogP contribution in [0.25, 0.3) is 0 Å². The lowest BCUT2D eigenvalue weighted by Gasteiger charge is -2.07. The molecule has 0 spiro atoms. The predicted molar refractivity (Wildman–Crippen MR) is 57.8 cm³/mol. The smallest absolute Gasteiger partial charge is 0.350 e. The second-order valence-electron chi connectivity index (χ2n) is 3.66. The highest BCUT2D eigenvalue weighted by Crippen LogP contribution is 2.14. The van der Waals surface area contributed by atoms with Crippen LogP contribution in [0.4, 0.5) is 18.9 Å². The van der Waals surface area contributed by atoms with Gasteiger partial charge in [0.05, 0.1) is 18.1 Å². The Morgan fingerprint density at radius 2 is 2.28 bits per heavy atom. The molecule has 1 rings (SSSR count). The molecular formula is C10H14F3N3O2. The van der Waals surface area contributed by atoms with Gasteiger partial charge >= 0.3 is 6.18 Å².